The van der Waals surface area contributed by atoms with E-state index >= 15 is 0 Å². The van der Waals surface area contributed by atoms with Gasteiger partial charge in [-0.2, -0.15) is 27.1 Å². The number of nitrogens with two attached hydrogens (primary N) is 1. The summed E-state index contributed by atoms with van der Waals surface area (Å²) in [6.45, 7) is -5.26. The maximum Gasteiger partial charge on any atom is 0.425 e. The van der Waals surface area contributed by atoms with E-state index in [1.165, 1.54) is 0 Å². The Balaban J connectivity index is 2.27. The van der Waals surface area contributed by atoms with Crippen molar-refractivity contribution in [2.45, 2.75) is 31.3 Å². The van der Waals surface area contributed by atoms with Crippen molar-refractivity contribution in [1.29, 1.82) is 5.41 Å². The maximum atomic E-state index is 13.8. The fraction of sp³-hybridized carbons (Fsp3) is 0.438. The number of alkyl halides is 6. The molecule has 0 spiro atoms. The molecule has 1 aromatic heterocycles. The Morgan fingerprint density at radius 2 is 2.03 bits per heavy atom. The zero-order valence-electron chi connectivity index (χ0n) is 15.8. The number of allylic oxidation sites excluding steroid dienone is 2. The summed E-state index contributed by atoms with van der Waals surface area (Å²) >= 11 is 5.70. The van der Waals surface area contributed by atoms with E-state index in [0.29, 0.717) is 6.20 Å². The first-order chi connectivity index (χ1) is 14.8. The number of nitrogens with zero attached hydrogens (tertiary/aromatic N) is 3. The Kier molecular flexibility index (Phi) is 7.98. The summed E-state index contributed by atoms with van der Waals surface area (Å²) < 4.78 is 96.8. The van der Waals surface area contributed by atoms with Gasteiger partial charge in [-0.15, -0.1) is 0 Å². The molecule has 2 rings (SSSR count). The van der Waals surface area contributed by atoms with E-state index in [-0.39, 0.29) is 10.5 Å². The average Bonchev–Trinajstić information content (AvgIpc) is 3.07. The lowest BCUT2D eigenvalue weighted by Gasteiger charge is -2.36. The van der Waals surface area contributed by atoms with Crippen LogP contribution in [0.1, 0.15) is 23.5 Å². The number of carbonyl (C=O) groups is 1. The first-order valence-corrected chi connectivity index (χ1v) is 9.01. The van der Waals surface area contributed by atoms with Crippen molar-refractivity contribution in [3.8, 4) is 0 Å². The zero-order valence-corrected chi connectivity index (χ0v) is 16.6. The number of hydrogen-bond acceptors (Lipinski definition) is 5. The third kappa shape index (κ3) is 6.27. The van der Waals surface area contributed by atoms with Crippen LogP contribution in [0.25, 0.3) is 0 Å². The van der Waals surface area contributed by atoms with Crippen LogP contribution in [-0.2, 0) is 4.74 Å². The lowest BCUT2D eigenvalue weighted by Crippen LogP contribution is -2.48. The van der Waals surface area contributed by atoms with Crippen molar-refractivity contribution >= 4 is 23.5 Å². The van der Waals surface area contributed by atoms with E-state index in [1.54, 1.807) is 0 Å². The summed E-state index contributed by atoms with van der Waals surface area (Å²) in [5, 5.41) is 11.9. The molecule has 1 aliphatic heterocycles. The van der Waals surface area contributed by atoms with E-state index in [2.05, 4.69) is 15.2 Å². The molecule has 1 aliphatic rings. The summed E-state index contributed by atoms with van der Waals surface area (Å²) in [6.07, 6.45) is -6.36. The van der Waals surface area contributed by atoms with Crippen LogP contribution < -0.4 is 11.1 Å². The average molecular weight is 493 g/mol. The van der Waals surface area contributed by atoms with Gasteiger partial charge in [0.1, 0.15) is 18.3 Å². The van der Waals surface area contributed by atoms with Crippen LogP contribution in [0.15, 0.2) is 30.0 Å². The molecule has 0 aromatic carbocycles. The fourth-order valence-corrected chi connectivity index (χ4v) is 2.95. The van der Waals surface area contributed by atoms with Crippen molar-refractivity contribution in [2.75, 3.05) is 13.2 Å². The molecule has 32 heavy (non-hydrogen) atoms. The number of rotatable bonds is 8. The van der Waals surface area contributed by atoms with E-state index in [9.17, 15) is 35.5 Å². The number of ether oxygens (including phenoxy) is 1. The molecular weight excluding hydrogens is 477 g/mol. The molecule has 2 atom stereocenters. The van der Waals surface area contributed by atoms with Crippen LogP contribution >= 0.6 is 11.6 Å². The SMILES string of the molecule is N=C(N)O[C@@H](CC(CF)N1CC(F)=CC=C1NC(=O)c1nn(C(F)F)cc1Cl)C(F)(F)F. The monoisotopic (exact) mass is 492 g/mol. The van der Waals surface area contributed by atoms with Crippen LogP contribution in [0.3, 0.4) is 0 Å². The van der Waals surface area contributed by atoms with Gasteiger partial charge in [-0.3, -0.25) is 10.2 Å². The highest BCUT2D eigenvalue weighted by atomic mass is 35.5. The van der Waals surface area contributed by atoms with Crippen LogP contribution in [-0.4, -0.2) is 58.2 Å². The van der Waals surface area contributed by atoms with Crippen LogP contribution in [0.2, 0.25) is 5.02 Å². The molecule has 0 fully saturated rings. The van der Waals surface area contributed by atoms with Gasteiger partial charge < -0.3 is 20.7 Å². The van der Waals surface area contributed by atoms with E-state index < -0.39 is 73.0 Å². The van der Waals surface area contributed by atoms with Gasteiger partial charge in [-0.25, -0.2) is 13.5 Å². The van der Waals surface area contributed by atoms with Gasteiger partial charge in [-0.1, -0.05) is 11.6 Å². The van der Waals surface area contributed by atoms with E-state index in [4.69, 9.17) is 22.7 Å². The topological polar surface area (TPSA) is 109 Å². The molecule has 16 heteroatoms. The second kappa shape index (κ2) is 10.1. The smallest absolute Gasteiger partial charge is 0.425 e. The number of hydrogen-bond donors (Lipinski definition) is 3. The van der Waals surface area contributed by atoms with Crippen molar-refractivity contribution in [3.05, 3.63) is 40.7 Å². The largest absolute Gasteiger partial charge is 0.453 e. The summed E-state index contributed by atoms with van der Waals surface area (Å²) in [7, 11) is 0. The summed E-state index contributed by atoms with van der Waals surface area (Å²) in [5.74, 6) is -2.35. The van der Waals surface area contributed by atoms with Crippen LogP contribution in [0.5, 0.6) is 0 Å². The normalized spacial score (nSPS) is 16.3. The molecule has 0 saturated carbocycles. The van der Waals surface area contributed by atoms with Gasteiger partial charge in [-0.05, 0) is 12.2 Å². The van der Waals surface area contributed by atoms with Gasteiger partial charge in [0.05, 0.1) is 23.8 Å². The molecule has 2 heterocycles. The predicted molar refractivity (Wildman–Crippen MR) is 97.2 cm³/mol. The third-order valence-electron chi connectivity index (χ3n) is 4.14. The van der Waals surface area contributed by atoms with Crippen LogP contribution in [0.4, 0.5) is 30.7 Å². The van der Waals surface area contributed by atoms with Gasteiger partial charge in [0.15, 0.2) is 11.8 Å². The highest BCUT2D eigenvalue weighted by Crippen LogP contribution is 2.30. The highest BCUT2D eigenvalue weighted by molar-refractivity contribution is 6.33. The predicted octanol–water partition coefficient (Wildman–Crippen LogP) is 3.24. The van der Waals surface area contributed by atoms with Gasteiger partial charge >= 0.3 is 12.7 Å². The van der Waals surface area contributed by atoms with Crippen molar-refractivity contribution in [2.24, 2.45) is 5.73 Å². The molecule has 0 aliphatic carbocycles. The number of aromatic nitrogens is 2. The third-order valence-corrected chi connectivity index (χ3v) is 4.41. The second-order valence-electron chi connectivity index (χ2n) is 6.39. The number of amides is 1. The minimum Gasteiger partial charge on any atom is -0.453 e. The molecule has 1 aromatic rings. The van der Waals surface area contributed by atoms with Crippen molar-refractivity contribution < 1.29 is 40.3 Å². The molecule has 4 N–H and O–H groups in total. The molecule has 0 bridgehead atoms. The molecular formula is C16H16ClF7N6O2. The zero-order chi connectivity index (χ0) is 24.2. The van der Waals surface area contributed by atoms with E-state index in [1.807, 2.05) is 0 Å². The quantitative estimate of drug-likeness (QED) is 0.293. The minimum absolute atomic E-state index is 0.0984. The highest BCUT2D eigenvalue weighted by Gasteiger charge is 2.45. The maximum absolute atomic E-state index is 13.8. The Hall–Kier alpha value is -2.97. The number of amidine groups is 1. The lowest BCUT2D eigenvalue weighted by molar-refractivity contribution is -0.204. The molecule has 178 valence electrons. The first-order valence-electron chi connectivity index (χ1n) is 8.64. The van der Waals surface area contributed by atoms with Gasteiger partial charge in [0, 0.05) is 6.42 Å². The Morgan fingerprint density at radius 1 is 1.38 bits per heavy atom. The van der Waals surface area contributed by atoms with Crippen LogP contribution in [0, 0.1) is 5.41 Å². The molecule has 1 unspecified atom stereocenters. The molecule has 1 amide bonds. The summed E-state index contributed by atoms with van der Waals surface area (Å²) in [4.78, 5) is 13.2. The van der Waals surface area contributed by atoms with Crippen molar-refractivity contribution in [1.82, 2.24) is 20.0 Å². The van der Waals surface area contributed by atoms with E-state index in [0.717, 1.165) is 17.1 Å². The first kappa shape index (κ1) is 25.3. The number of halogens is 8. The number of nitrogens with one attached hydrogen (secondary N) is 2. The van der Waals surface area contributed by atoms with Gasteiger partial charge in [0.25, 0.3) is 11.9 Å². The molecule has 0 saturated heterocycles. The minimum atomic E-state index is -5.04. The number of carbonyl (C=O) groups excluding carboxylic acids is 1. The van der Waals surface area contributed by atoms with Crippen molar-refractivity contribution in [3.63, 3.8) is 0 Å². The summed E-state index contributed by atoms with van der Waals surface area (Å²) in [6, 6.07) is -2.94. The Labute approximate surface area is 180 Å². The molecule has 0 radical (unpaired) electrons. The Morgan fingerprint density at radius 3 is 2.53 bits per heavy atom. The van der Waals surface area contributed by atoms with Gasteiger partial charge in [0.2, 0.25) is 0 Å². The fourth-order valence-electron chi connectivity index (χ4n) is 2.73. The lowest BCUT2D eigenvalue weighted by atomic mass is 10.1. The second-order valence-corrected chi connectivity index (χ2v) is 6.79. The molecule has 8 nitrogen and oxygen atoms in total. The Bertz CT molecular complexity index is 917. The summed E-state index contributed by atoms with van der Waals surface area (Å²) in [5.41, 5.74) is 4.20. The standard InChI is InChI=1S/C16H16ClF7N6O2/c17-9-6-30(14(20)21)28-12(9)13(31)27-11-2-1-7(19)5-29(11)8(4-18)3-10(16(22,23)24)32-15(25)26/h1-2,6,8,10,14H,3-5H2,(H3,25,26)(H,27,31)/t8?,10-/m0/s1.